The molecule has 0 atom stereocenters. The van der Waals surface area contributed by atoms with E-state index >= 15 is 0 Å². The Morgan fingerprint density at radius 1 is 0.260 bits per heavy atom. The van der Waals surface area contributed by atoms with Crippen LogP contribution < -0.4 is 9.97 Å². The van der Waals surface area contributed by atoms with Gasteiger partial charge in [-0.2, -0.15) is 0 Å². The minimum Gasteiger partial charge on any atom is -0.653 e. The molecule has 8 heterocycles. The second kappa shape index (κ2) is 16.3. The SMILES string of the molecule is [Pt+2].c1ccc2cc3c(cc2c1)-c1nc-3c(-n2cnnc2)c2[n-]c(c(-n3cnnc3)c3nc(c(-n4cnnc4)c4[n-]c(c1-n1cnnc1)c1cc5ccccc5cc41)-c1cc4ccccc4cc1-3)c1cc3ccccc3cc21. The Morgan fingerprint density at radius 3 is 0.662 bits per heavy atom. The molecule has 0 saturated heterocycles. The van der Waals surface area contributed by atoms with Crippen molar-refractivity contribution in [2.75, 3.05) is 0 Å². The molecule has 362 valence electrons. The first-order valence-corrected chi connectivity index (χ1v) is 24.5. The fraction of sp³-hybridized carbons (Fsp3) is 0. The molecule has 0 amide bonds. The molecule has 0 fully saturated rings. The van der Waals surface area contributed by atoms with Crippen LogP contribution in [-0.4, -0.2) is 69.0 Å². The van der Waals surface area contributed by atoms with Crippen LogP contribution in [0.5, 0.6) is 0 Å². The number of fused-ring (bicyclic) bond motifs is 4. The second-order valence-corrected chi connectivity index (χ2v) is 19.1. The van der Waals surface area contributed by atoms with E-state index in [-0.39, 0.29) is 21.1 Å². The Hall–Kier alpha value is -10.3. The molecule has 0 unspecified atom stereocenters. The Bertz CT molecular complexity index is 4490. The van der Waals surface area contributed by atoms with Crippen LogP contribution in [0.2, 0.25) is 0 Å². The molecule has 8 aromatic carbocycles. The van der Waals surface area contributed by atoms with Gasteiger partial charge in [0.05, 0.1) is 45.5 Å². The molecule has 8 bridgehead atoms. The zero-order valence-corrected chi connectivity index (χ0v) is 42.2. The molecular formula is C60H32N16Pt. The van der Waals surface area contributed by atoms with Crippen LogP contribution in [0.25, 0.3) is 154 Å². The largest absolute Gasteiger partial charge is 2.00 e. The maximum atomic E-state index is 5.86. The minimum atomic E-state index is 0. The van der Waals surface area contributed by atoms with Crippen LogP contribution in [0.15, 0.2) is 196 Å². The van der Waals surface area contributed by atoms with Gasteiger partial charge in [0.15, 0.2) is 0 Å². The zero-order chi connectivity index (χ0) is 49.6. The molecule has 6 aromatic heterocycles. The Morgan fingerprint density at radius 2 is 0.455 bits per heavy atom. The van der Waals surface area contributed by atoms with Gasteiger partial charge in [0.1, 0.15) is 50.6 Å². The third-order valence-corrected chi connectivity index (χ3v) is 15.0. The predicted molar refractivity (Wildman–Crippen MR) is 293 cm³/mol. The summed E-state index contributed by atoms with van der Waals surface area (Å²) in [5.74, 6) is 0. The average Bonchev–Trinajstić information content (AvgIpc) is 4.39. The van der Waals surface area contributed by atoms with Gasteiger partial charge in [0.25, 0.3) is 0 Å². The fourth-order valence-electron chi connectivity index (χ4n) is 11.6. The van der Waals surface area contributed by atoms with E-state index < -0.39 is 0 Å². The molecule has 77 heavy (non-hydrogen) atoms. The van der Waals surface area contributed by atoms with Crippen molar-refractivity contribution < 1.29 is 21.1 Å². The summed E-state index contributed by atoms with van der Waals surface area (Å²) in [4.78, 5) is 23.5. The van der Waals surface area contributed by atoms with Gasteiger partial charge in [0, 0.05) is 22.3 Å². The van der Waals surface area contributed by atoms with Crippen molar-refractivity contribution in [3.63, 3.8) is 0 Å². The summed E-state index contributed by atoms with van der Waals surface area (Å²) in [5, 5.41) is 47.2. The first kappa shape index (κ1) is 43.1. The van der Waals surface area contributed by atoms with Crippen LogP contribution in [0, 0.1) is 0 Å². The van der Waals surface area contributed by atoms with E-state index in [0.29, 0.717) is 67.6 Å². The van der Waals surface area contributed by atoms with Crippen molar-refractivity contribution in [2.24, 2.45) is 0 Å². The first-order chi connectivity index (χ1) is 37.7. The maximum absolute atomic E-state index is 5.86. The van der Waals surface area contributed by atoms with Crippen LogP contribution in [-0.2, 0) is 21.1 Å². The molecule has 17 heteroatoms. The molecule has 3 aliphatic rings. The summed E-state index contributed by atoms with van der Waals surface area (Å²) in [6.45, 7) is 0. The van der Waals surface area contributed by atoms with Gasteiger partial charge in [-0.25, -0.2) is 9.97 Å². The van der Waals surface area contributed by atoms with E-state index in [9.17, 15) is 0 Å². The molecular weight excluding hydrogens is 1140 g/mol. The molecule has 0 radical (unpaired) electrons. The number of hydrogen-bond acceptors (Lipinski definition) is 10. The number of nitrogens with zero attached hydrogens (tertiary/aromatic N) is 16. The summed E-state index contributed by atoms with van der Waals surface area (Å²) in [5.41, 5.74) is 11.4. The number of rotatable bonds is 4. The molecule has 2 aliphatic heterocycles. The smallest absolute Gasteiger partial charge is 0.653 e. The van der Waals surface area contributed by atoms with Gasteiger partial charge in [-0.15, -0.1) is 62.9 Å². The summed E-state index contributed by atoms with van der Waals surface area (Å²) >= 11 is 0. The molecule has 17 rings (SSSR count). The van der Waals surface area contributed by atoms with Crippen molar-refractivity contribution in [1.82, 2.24) is 79.0 Å². The van der Waals surface area contributed by atoms with E-state index in [0.717, 1.165) is 86.9 Å². The van der Waals surface area contributed by atoms with E-state index in [1.165, 1.54) is 0 Å². The molecule has 1 aliphatic carbocycles. The molecule has 0 spiro atoms. The first-order valence-electron chi connectivity index (χ1n) is 24.5. The summed E-state index contributed by atoms with van der Waals surface area (Å²) in [7, 11) is 0. The Labute approximate surface area is 448 Å². The maximum Gasteiger partial charge on any atom is 2.00 e. The third-order valence-electron chi connectivity index (χ3n) is 15.0. The zero-order valence-electron chi connectivity index (χ0n) is 39.9. The van der Waals surface area contributed by atoms with Crippen LogP contribution in [0.1, 0.15) is 0 Å². The van der Waals surface area contributed by atoms with Gasteiger partial charge in [-0.05, 0) is 113 Å². The normalized spacial score (nSPS) is 12.1. The van der Waals surface area contributed by atoms with Crippen molar-refractivity contribution >= 4 is 86.7 Å². The summed E-state index contributed by atoms with van der Waals surface area (Å²) in [6.07, 6.45) is 13.7. The van der Waals surface area contributed by atoms with Gasteiger partial charge in [-0.1, -0.05) is 97.1 Å². The molecule has 0 saturated carbocycles. The van der Waals surface area contributed by atoms with Gasteiger partial charge in [-0.3, -0.25) is 18.3 Å². The third kappa shape index (κ3) is 6.30. The Balaban J connectivity index is 0.00000498. The van der Waals surface area contributed by atoms with Crippen LogP contribution in [0.3, 0.4) is 0 Å². The minimum absolute atomic E-state index is 0. The second-order valence-electron chi connectivity index (χ2n) is 19.1. The summed E-state index contributed by atoms with van der Waals surface area (Å²) < 4.78 is 7.68. The van der Waals surface area contributed by atoms with Gasteiger partial charge >= 0.3 is 21.1 Å². The standard InChI is InChI=1S/C60H32N16.Pt/c1-2-10-34-18-42-41(17-33(34)9-1)49-57(73-25-61-62-26-73)51-43-19-35-11-3-4-12-36(35)20-44(43)53(70-51)59(75-29-65-66-30-75)55-47-23-39-15-7-8-16-40(39)24-48(47)56(72-55)60(76-31-67-68-32-76)54-46-22-38-14-6-5-13-37(38)21-45(46)52(71-54)58(50(42)69-49)74-27-63-64-28-74;/h1-32H;/q-2;+2. The molecule has 0 N–H and O–H groups in total. The quantitative estimate of drug-likeness (QED) is 0.163. The van der Waals surface area contributed by atoms with Crippen molar-refractivity contribution in [2.45, 2.75) is 0 Å². The topological polar surface area (TPSA) is 177 Å². The van der Waals surface area contributed by atoms with Crippen molar-refractivity contribution in [3.8, 4) is 67.8 Å². The van der Waals surface area contributed by atoms with Gasteiger partial charge < -0.3 is 9.97 Å². The number of aromatic nitrogens is 16. The monoisotopic (exact) mass is 1170 g/mol. The van der Waals surface area contributed by atoms with Gasteiger partial charge in [0.2, 0.25) is 0 Å². The molecule has 14 aromatic rings. The summed E-state index contributed by atoms with van der Waals surface area (Å²) in [6, 6.07) is 51.2. The predicted octanol–water partition coefficient (Wildman–Crippen LogP) is 11.5. The number of hydrogen-bond donors (Lipinski definition) is 0. The van der Waals surface area contributed by atoms with E-state index in [1.807, 2.05) is 18.3 Å². The van der Waals surface area contributed by atoms with E-state index in [2.05, 4.69) is 186 Å². The molecule has 16 nitrogen and oxygen atoms in total. The van der Waals surface area contributed by atoms with Crippen LogP contribution in [0.4, 0.5) is 0 Å². The Kier molecular flexibility index (Phi) is 9.15. The average molecular weight is 1170 g/mol. The fourth-order valence-corrected chi connectivity index (χ4v) is 11.6. The van der Waals surface area contributed by atoms with E-state index in [1.54, 1.807) is 50.6 Å². The van der Waals surface area contributed by atoms with Crippen LogP contribution >= 0.6 is 0 Å². The van der Waals surface area contributed by atoms with Crippen molar-refractivity contribution in [3.05, 3.63) is 196 Å². The number of benzene rings is 8. The van der Waals surface area contributed by atoms with Crippen molar-refractivity contribution in [1.29, 1.82) is 0 Å². The van der Waals surface area contributed by atoms with E-state index in [4.69, 9.17) is 19.9 Å².